The molecule has 0 aliphatic carbocycles. The van der Waals surface area contributed by atoms with E-state index >= 15 is 0 Å². The van der Waals surface area contributed by atoms with Crippen molar-refractivity contribution < 1.29 is 9.32 Å². The summed E-state index contributed by atoms with van der Waals surface area (Å²) in [6.45, 7) is 9.68. The lowest BCUT2D eigenvalue weighted by Crippen LogP contribution is -2.46. The number of thiazole rings is 1. The first-order valence-corrected chi connectivity index (χ1v) is 10.6. The maximum atomic E-state index is 12.7. The molecule has 0 unspecified atom stereocenters. The molecule has 1 amide bonds. The number of aromatic nitrogens is 2. The van der Waals surface area contributed by atoms with E-state index in [1.165, 1.54) is 4.88 Å². The number of hydrogen-bond donors (Lipinski definition) is 0. The minimum atomic E-state index is -0.00833. The van der Waals surface area contributed by atoms with Crippen molar-refractivity contribution in [1.29, 1.82) is 0 Å². The van der Waals surface area contributed by atoms with Crippen LogP contribution >= 0.6 is 11.3 Å². The second-order valence-corrected chi connectivity index (χ2v) is 9.30. The minimum Gasteiger partial charge on any atom is -0.361 e. The highest BCUT2D eigenvalue weighted by molar-refractivity contribution is 7.11. The van der Waals surface area contributed by atoms with Crippen LogP contribution < -0.4 is 0 Å². The van der Waals surface area contributed by atoms with Gasteiger partial charge >= 0.3 is 0 Å². The molecule has 1 spiro atoms. The van der Waals surface area contributed by atoms with Crippen molar-refractivity contribution in [1.82, 2.24) is 19.9 Å². The molecule has 0 radical (unpaired) electrons. The summed E-state index contributed by atoms with van der Waals surface area (Å²) in [5.74, 6) is 1.11. The fourth-order valence-electron chi connectivity index (χ4n) is 4.63. The van der Waals surface area contributed by atoms with E-state index < -0.39 is 0 Å². The van der Waals surface area contributed by atoms with Gasteiger partial charge in [0.25, 0.3) is 0 Å². The van der Waals surface area contributed by atoms with Crippen molar-refractivity contribution in [2.45, 2.75) is 71.5 Å². The fraction of sp³-hybridized carbons (Fsp3) is 0.650. The van der Waals surface area contributed by atoms with Crippen LogP contribution in [-0.2, 0) is 17.9 Å². The normalized spacial score (nSPS) is 24.1. The van der Waals surface area contributed by atoms with E-state index in [1.807, 2.05) is 20.0 Å². The van der Waals surface area contributed by atoms with E-state index in [0.717, 1.165) is 67.3 Å². The Kier molecular flexibility index (Phi) is 5.07. The number of amides is 1. The Balaban J connectivity index is 1.48. The number of likely N-dealkylation sites (tertiary alicyclic amines) is 2. The van der Waals surface area contributed by atoms with Crippen molar-refractivity contribution in [3.05, 3.63) is 33.1 Å². The van der Waals surface area contributed by atoms with E-state index in [2.05, 4.69) is 26.9 Å². The maximum Gasteiger partial charge on any atom is 0.223 e. The molecule has 2 saturated heterocycles. The number of aryl methyl sites for hydroxylation is 3. The van der Waals surface area contributed by atoms with Crippen LogP contribution in [0.25, 0.3) is 0 Å². The zero-order chi connectivity index (χ0) is 19.0. The van der Waals surface area contributed by atoms with Crippen LogP contribution in [0.1, 0.15) is 59.0 Å². The molecule has 4 rings (SSSR count). The monoisotopic (exact) mass is 388 g/mol. The smallest absolute Gasteiger partial charge is 0.223 e. The molecule has 146 valence electrons. The molecule has 2 fully saturated rings. The first kappa shape index (κ1) is 18.6. The Bertz CT molecular complexity index is 810. The SMILES string of the molecule is Cc1ncc(CN2CCC[C@]3(CCC(=O)N3Cc3c(C)noc3C)CC2)s1. The molecule has 27 heavy (non-hydrogen) atoms. The first-order valence-electron chi connectivity index (χ1n) is 9.83. The second-order valence-electron chi connectivity index (χ2n) is 7.98. The highest BCUT2D eigenvalue weighted by Gasteiger charge is 2.46. The standard InChI is InChI=1S/C20H28N4O2S/c1-14-18(15(2)26-22-14)13-24-19(25)5-7-20(24)6-4-9-23(10-8-20)12-17-11-21-16(3)27-17/h11H,4-10,12-13H2,1-3H3/t20-/m0/s1. The quantitative estimate of drug-likeness (QED) is 0.801. The van der Waals surface area contributed by atoms with Crippen LogP contribution in [0.15, 0.2) is 10.7 Å². The molecule has 1 atom stereocenters. The van der Waals surface area contributed by atoms with Gasteiger partial charge in [-0.05, 0) is 53.0 Å². The van der Waals surface area contributed by atoms with Crippen LogP contribution in [0.5, 0.6) is 0 Å². The topological polar surface area (TPSA) is 62.5 Å². The van der Waals surface area contributed by atoms with Gasteiger partial charge in [-0.25, -0.2) is 4.98 Å². The van der Waals surface area contributed by atoms with E-state index in [4.69, 9.17) is 4.52 Å². The van der Waals surface area contributed by atoms with Crippen LogP contribution in [0, 0.1) is 20.8 Å². The Morgan fingerprint density at radius 1 is 1.19 bits per heavy atom. The molecule has 7 heteroatoms. The molecular formula is C20H28N4O2S. The van der Waals surface area contributed by atoms with Crippen LogP contribution in [0.4, 0.5) is 0 Å². The van der Waals surface area contributed by atoms with Crippen molar-refractivity contribution >= 4 is 17.2 Å². The molecule has 2 aliphatic rings. The van der Waals surface area contributed by atoms with Crippen LogP contribution in [0.2, 0.25) is 0 Å². The summed E-state index contributed by atoms with van der Waals surface area (Å²) >= 11 is 1.78. The number of rotatable bonds is 4. The van der Waals surface area contributed by atoms with Gasteiger partial charge in [-0.15, -0.1) is 11.3 Å². The van der Waals surface area contributed by atoms with E-state index in [1.54, 1.807) is 11.3 Å². The third kappa shape index (κ3) is 3.67. The van der Waals surface area contributed by atoms with Crippen molar-refractivity contribution in [2.24, 2.45) is 0 Å². The molecule has 0 bridgehead atoms. The second kappa shape index (κ2) is 7.36. The Morgan fingerprint density at radius 2 is 2.04 bits per heavy atom. The highest BCUT2D eigenvalue weighted by Crippen LogP contribution is 2.40. The summed E-state index contributed by atoms with van der Waals surface area (Å²) in [6.07, 6.45) is 6.90. The largest absolute Gasteiger partial charge is 0.361 e. The Hall–Kier alpha value is -1.73. The predicted molar refractivity (Wildman–Crippen MR) is 104 cm³/mol. The lowest BCUT2D eigenvalue weighted by Gasteiger charge is -2.38. The zero-order valence-corrected chi connectivity index (χ0v) is 17.3. The first-order chi connectivity index (χ1) is 13.0. The highest BCUT2D eigenvalue weighted by atomic mass is 32.1. The summed E-state index contributed by atoms with van der Waals surface area (Å²) in [6, 6.07) is 0. The van der Waals surface area contributed by atoms with Gasteiger partial charge in [-0.1, -0.05) is 5.16 Å². The summed E-state index contributed by atoms with van der Waals surface area (Å²) in [4.78, 5) is 23.1. The van der Waals surface area contributed by atoms with Gasteiger partial charge in [-0.2, -0.15) is 0 Å². The maximum absolute atomic E-state index is 12.7. The molecule has 4 heterocycles. The summed E-state index contributed by atoms with van der Waals surface area (Å²) in [7, 11) is 0. The van der Waals surface area contributed by atoms with E-state index in [9.17, 15) is 4.79 Å². The van der Waals surface area contributed by atoms with Crippen molar-refractivity contribution in [2.75, 3.05) is 13.1 Å². The average molecular weight is 389 g/mol. The predicted octanol–water partition coefficient (Wildman–Crippen LogP) is 3.60. The molecule has 2 aliphatic heterocycles. The van der Waals surface area contributed by atoms with Crippen molar-refractivity contribution in [3.63, 3.8) is 0 Å². The van der Waals surface area contributed by atoms with Gasteiger partial charge in [0.15, 0.2) is 0 Å². The Morgan fingerprint density at radius 3 is 2.74 bits per heavy atom. The molecule has 6 nitrogen and oxygen atoms in total. The molecule has 0 N–H and O–H groups in total. The van der Waals surface area contributed by atoms with Gasteiger partial charge in [0.2, 0.25) is 5.91 Å². The van der Waals surface area contributed by atoms with E-state index in [0.29, 0.717) is 13.0 Å². The number of carbonyl (C=O) groups is 1. The van der Waals surface area contributed by atoms with Gasteiger partial charge in [-0.3, -0.25) is 9.69 Å². The molecule has 0 aromatic carbocycles. The number of nitrogens with zero attached hydrogens (tertiary/aromatic N) is 4. The lowest BCUT2D eigenvalue weighted by atomic mass is 9.87. The lowest BCUT2D eigenvalue weighted by molar-refractivity contribution is -0.132. The molecule has 2 aromatic rings. The summed E-state index contributed by atoms with van der Waals surface area (Å²) in [5, 5.41) is 5.20. The zero-order valence-electron chi connectivity index (χ0n) is 16.5. The third-order valence-corrected chi connectivity index (χ3v) is 7.13. The van der Waals surface area contributed by atoms with Gasteiger partial charge in [0.05, 0.1) is 17.2 Å². The number of carbonyl (C=O) groups excluding carboxylic acids is 1. The number of hydrogen-bond acceptors (Lipinski definition) is 6. The summed E-state index contributed by atoms with van der Waals surface area (Å²) in [5.41, 5.74) is 1.97. The molecule has 0 saturated carbocycles. The molecular weight excluding hydrogens is 360 g/mol. The van der Waals surface area contributed by atoms with E-state index in [-0.39, 0.29) is 11.4 Å². The Labute approximate surface area is 164 Å². The molecule has 2 aromatic heterocycles. The van der Waals surface area contributed by atoms with Gasteiger partial charge in [0, 0.05) is 41.7 Å². The fourth-order valence-corrected chi connectivity index (χ4v) is 5.46. The van der Waals surface area contributed by atoms with Crippen LogP contribution in [-0.4, -0.2) is 44.5 Å². The minimum absolute atomic E-state index is 0.00833. The average Bonchev–Trinajstić information content (AvgIpc) is 3.22. The van der Waals surface area contributed by atoms with Gasteiger partial charge < -0.3 is 9.42 Å². The summed E-state index contributed by atoms with van der Waals surface area (Å²) < 4.78 is 5.33. The van der Waals surface area contributed by atoms with Gasteiger partial charge in [0.1, 0.15) is 5.76 Å². The van der Waals surface area contributed by atoms with Crippen molar-refractivity contribution in [3.8, 4) is 0 Å². The third-order valence-electron chi connectivity index (χ3n) is 6.23. The van der Waals surface area contributed by atoms with Crippen LogP contribution in [0.3, 0.4) is 0 Å².